The van der Waals surface area contributed by atoms with E-state index in [4.69, 9.17) is 63.4 Å². The molecule has 10 nitrogen and oxygen atoms in total. The van der Waals surface area contributed by atoms with Crippen LogP contribution in [-0.2, 0) is 17.9 Å². The smallest absolute Gasteiger partial charge is 1.00 e. The van der Waals surface area contributed by atoms with Crippen LogP contribution in [0, 0.1) is 53.3 Å². The fourth-order valence-corrected chi connectivity index (χ4v) is 4.49. The number of alkyl halides is 2. The Kier molecular flexibility index (Phi) is 24.7. The van der Waals surface area contributed by atoms with Crippen LogP contribution in [0.4, 0.5) is 0 Å². The number of pyridine rings is 2. The van der Waals surface area contributed by atoms with Gasteiger partial charge in [-0.1, -0.05) is 41.0 Å². The Morgan fingerprint density at radius 1 is 0.906 bits per heavy atom. The van der Waals surface area contributed by atoms with Gasteiger partial charge in [0.1, 0.15) is 38.7 Å². The quantitative estimate of drug-likeness (QED) is 0.0714. The van der Waals surface area contributed by atoms with Crippen LogP contribution in [0.3, 0.4) is 0 Å². The van der Waals surface area contributed by atoms with Crippen molar-refractivity contribution in [3.8, 4) is 36.3 Å². The molecule has 0 saturated heterocycles. The summed E-state index contributed by atoms with van der Waals surface area (Å²) in [6, 6.07) is 10.7. The van der Waals surface area contributed by atoms with E-state index in [1.165, 1.54) is 35.8 Å². The Bertz CT molecular complexity index is 1920. The Morgan fingerprint density at radius 3 is 1.79 bits per heavy atom. The molecule has 1 unspecified atom stereocenters. The maximum Gasteiger partial charge on any atom is 2.00 e. The first-order valence-electron chi connectivity index (χ1n) is 14.8. The number of carbonyl (C=O) groups is 1. The van der Waals surface area contributed by atoms with Crippen LogP contribution in [-0.4, -0.2) is 78.4 Å². The van der Waals surface area contributed by atoms with Gasteiger partial charge in [0.05, 0.1) is 43.0 Å². The molecule has 268 valence electrons. The van der Waals surface area contributed by atoms with Gasteiger partial charge in [0.2, 0.25) is 0 Å². The first-order chi connectivity index (χ1) is 23.4. The van der Waals surface area contributed by atoms with Crippen molar-refractivity contribution in [2.75, 3.05) is 0 Å². The van der Waals surface area contributed by atoms with Crippen LogP contribution in [0.25, 0.3) is 0 Å². The molecule has 2 aliphatic rings. The Labute approximate surface area is 370 Å². The maximum absolute atomic E-state index is 11.6. The van der Waals surface area contributed by atoms with Crippen LogP contribution in [0.5, 0.6) is 0 Å². The fraction of sp³-hybridized carbons (Fsp3) is 0.314. The number of imidazole rings is 2. The number of Topliss-reactive ketones (excluding diaryl/α,β-unsaturated/α-hetero) is 1. The van der Waals surface area contributed by atoms with Crippen molar-refractivity contribution in [1.29, 1.82) is 10.5 Å². The summed E-state index contributed by atoms with van der Waals surface area (Å²) < 4.78 is 3.07. The molecule has 53 heavy (non-hydrogen) atoms. The van der Waals surface area contributed by atoms with Gasteiger partial charge >= 0.3 is 41.9 Å². The number of nitriles is 2. The second-order valence-corrected chi connectivity index (χ2v) is 13.2. The molecule has 0 amide bonds. The molecule has 0 aromatic carbocycles. The predicted molar refractivity (Wildman–Crippen MR) is 194 cm³/mol. The number of carbonyl (C=O) groups excluding carboxylic acids is 1. The van der Waals surface area contributed by atoms with Crippen molar-refractivity contribution in [3.05, 3.63) is 101 Å². The van der Waals surface area contributed by atoms with Crippen molar-refractivity contribution in [1.82, 2.24) is 29.1 Å². The minimum atomic E-state index is -1.47. The normalized spacial score (nSPS) is 14.0. The molecule has 2 aliphatic carbocycles. The van der Waals surface area contributed by atoms with Crippen molar-refractivity contribution >= 4 is 75.2 Å². The summed E-state index contributed by atoms with van der Waals surface area (Å²) in [6.45, 7) is 4.22. The average Bonchev–Trinajstić information content (AvgIpc) is 3.92. The van der Waals surface area contributed by atoms with Crippen LogP contribution >= 0.6 is 46.4 Å². The number of terminal acetylenes is 1. The van der Waals surface area contributed by atoms with E-state index >= 15 is 0 Å². The summed E-state index contributed by atoms with van der Waals surface area (Å²) in [6.07, 6.45) is 18.8. The molecule has 6 rings (SSSR count). The molecule has 0 spiro atoms. The zero-order valence-electron chi connectivity index (χ0n) is 29.1. The van der Waals surface area contributed by atoms with E-state index in [0.717, 1.165) is 18.4 Å². The van der Waals surface area contributed by atoms with E-state index < -0.39 is 15.3 Å². The van der Waals surface area contributed by atoms with E-state index in [-0.39, 0.29) is 85.6 Å². The van der Waals surface area contributed by atoms with Crippen molar-refractivity contribution in [2.45, 2.75) is 68.0 Å². The monoisotopic (exact) mass is 836 g/mol. The molecule has 4 aromatic heterocycles. The number of hydrogen-bond donors (Lipinski definition) is 1. The summed E-state index contributed by atoms with van der Waals surface area (Å²) in [5.74, 6) is 8.14. The zero-order chi connectivity index (χ0) is 36.1. The summed E-state index contributed by atoms with van der Waals surface area (Å²) in [5.41, 5.74) is 0.637. The van der Waals surface area contributed by atoms with Crippen molar-refractivity contribution in [3.63, 3.8) is 0 Å². The molecule has 2 fully saturated rings. The van der Waals surface area contributed by atoms with E-state index in [9.17, 15) is 9.90 Å². The average molecular weight is 840 g/mol. The number of nitrogens with zero attached hydrogens (tertiary/aromatic N) is 8. The van der Waals surface area contributed by atoms with Gasteiger partial charge in [-0.05, 0) is 49.9 Å². The third kappa shape index (κ3) is 16.1. The molecular weight excluding hydrogens is 808 g/mol. The number of aromatic nitrogens is 6. The molecule has 1 atom stereocenters. The first kappa shape index (κ1) is 52.7. The van der Waals surface area contributed by atoms with E-state index in [2.05, 4.69) is 37.7 Å². The number of ketones is 1. The predicted octanol–water partition coefficient (Wildman–Crippen LogP) is -2.97. The topological polar surface area (TPSA) is 146 Å². The number of hydrogen-bond acceptors (Lipinski definition) is 8. The second kappa shape index (κ2) is 24.9. The van der Waals surface area contributed by atoms with Crippen LogP contribution in [0.2, 0.25) is 10.3 Å². The van der Waals surface area contributed by atoms with E-state index in [1.54, 1.807) is 35.0 Å². The van der Waals surface area contributed by atoms with Crippen LogP contribution in [0.15, 0.2) is 61.7 Å². The standard InChI is InChI=1S/C16H12Cl2N4O.C9H8ClN3O.C7H4ClN.C3H7.2ClH.Li.Mg/c17-14-2-1-12(8-21-14)3-4-16(23,15(18)5-6-15)10-22-11-20-9-13(22)7-19;10-9(1-2-9)8(14)5-13-6-12-4-7(13)3-11;1-2-6-3-4-7(8)9-5-6;1-3-2;;;;/h1-2,8-9,11,23H,5-6,10H2;4,6H,1-2,5H2;1,3-5H;3H,1-2H3;2*1H;;/q;;;-1;;;+1;+2/p-2. The number of halogens is 6. The maximum atomic E-state index is 11.6. The third-order valence-electron chi connectivity index (χ3n) is 7.02. The minimum absolute atomic E-state index is 0. The molecule has 4 heterocycles. The zero-order valence-corrected chi connectivity index (χ0v) is 35.0. The Balaban J connectivity index is 0. The molecule has 0 aliphatic heterocycles. The van der Waals surface area contributed by atoms with Crippen LogP contribution in [0.1, 0.15) is 62.0 Å². The van der Waals surface area contributed by atoms with Crippen LogP contribution < -0.4 is 43.7 Å². The van der Waals surface area contributed by atoms with Gasteiger partial charge in [-0.2, -0.15) is 24.4 Å². The molecule has 0 bridgehead atoms. The summed E-state index contributed by atoms with van der Waals surface area (Å²) in [7, 11) is 0. The first-order valence-corrected chi connectivity index (χ1v) is 16.3. The minimum Gasteiger partial charge on any atom is -1.00 e. The summed E-state index contributed by atoms with van der Waals surface area (Å²) in [4.78, 5) is 25.5. The third-order valence-corrected chi connectivity index (χ3v) is 8.75. The molecule has 18 heteroatoms. The second-order valence-electron chi connectivity index (χ2n) is 11.0. The van der Waals surface area contributed by atoms with E-state index in [1.807, 2.05) is 32.4 Å². The Morgan fingerprint density at radius 2 is 1.38 bits per heavy atom. The van der Waals surface area contributed by atoms with Gasteiger partial charge in [0, 0.05) is 23.5 Å². The van der Waals surface area contributed by atoms with Gasteiger partial charge in [0.25, 0.3) is 0 Å². The molecule has 2 saturated carbocycles. The summed E-state index contributed by atoms with van der Waals surface area (Å²) >= 11 is 23.6. The summed E-state index contributed by atoms with van der Waals surface area (Å²) in [5, 5.41) is 29.6. The van der Waals surface area contributed by atoms with Crippen molar-refractivity contribution in [2.24, 2.45) is 0 Å². The van der Waals surface area contributed by atoms with Gasteiger partial charge in [-0.25, -0.2) is 19.9 Å². The van der Waals surface area contributed by atoms with Gasteiger partial charge in [-0.15, -0.1) is 29.6 Å². The largest absolute Gasteiger partial charge is 2.00 e. The number of aliphatic hydroxyl groups is 1. The fourth-order valence-electron chi connectivity index (χ4n) is 3.91. The molecule has 1 N–H and O–H groups in total. The van der Waals surface area contributed by atoms with Gasteiger partial charge < -0.3 is 45.5 Å². The van der Waals surface area contributed by atoms with E-state index in [0.29, 0.717) is 40.1 Å². The number of rotatable bonds is 6. The van der Waals surface area contributed by atoms with Crippen molar-refractivity contribution < 1.29 is 53.6 Å². The molecule has 4 aromatic rings. The molecule has 0 radical (unpaired) electrons. The van der Waals surface area contributed by atoms with Gasteiger partial charge in [0.15, 0.2) is 11.4 Å². The Hall–Kier alpha value is -2.45. The molecular formula is C35H31Cl6LiMgN8O2. The van der Waals surface area contributed by atoms with Gasteiger partial charge in [-0.3, -0.25) is 4.79 Å². The SMILES string of the molecule is C#Cc1ccc(Cl)nc1.C[CH-]C.N#Cc1cncn1CC(=O)C1(Cl)CC1.N#Cc1cncn1CC(O)(C#Cc1ccc(Cl)nc1)C1(Cl)CC1.[Cl-].[Cl-].[Li+].[Mg+2].